The molecule has 1 aromatic rings. The molecular weight excluding hydrogens is 270 g/mol. The summed E-state index contributed by atoms with van der Waals surface area (Å²) in [6.07, 6.45) is 0. The van der Waals surface area contributed by atoms with Gasteiger partial charge in [-0.05, 0) is 40.2 Å². The van der Waals surface area contributed by atoms with Crippen LogP contribution in [0.4, 0.5) is 4.79 Å². The molecule has 0 aliphatic carbocycles. The van der Waals surface area contributed by atoms with Gasteiger partial charge in [0.15, 0.2) is 0 Å². The van der Waals surface area contributed by atoms with E-state index in [1.807, 2.05) is 50.8 Å². The van der Waals surface area contributed by atoms with Crippen LogP contribution in [0.2, 0.25) is 0 Å². The lowest BCUT2D eigenvalue weighted by molar-refractivity contribution is -0.0298. The van der Waals surface area contributed by atoms with Crippen molar-refractivity contribution < 1.29 is 9.53 Å². The van der Waals surface area contributed by atoms with Gasteiger partial charge in [0.05, 0.1) is 12.1 Å². The summed E-state index contributed by atoms with van der Waals surface area (Å²) >= 11 is 1.36. The molecule has 0 spiro atoms. The molecule has 110 valence electrons. The third-order valence-corrected chi connectivity index (χ3v) is 4.66. The lowest BCUT2D eigenvalue weighted by atomic mass is 10.1. The van der Waals surface area contributed by atoms with Crippen LogP contribution in [0, 0.1) is 0 Å². The van der Waals surface area contributed by atoms with Gasteiger partial charge in [0, 0.05) is 5.25 Å². The Hall–Kier alpha value is -1.00. The molecule has 1 saturated heterocycles. The van der Waals surface area contributed by atoms with Crippen molar-refractivity contribution in [1.82, 2.24) is 4.90 Å². The molecule has 2 rings (SSSR count). The van der Waals surface area contributed by atoms with E-state index >= 15 is 0 Å². The fourth-order valence-corrected chi connectivity index (χ4v) is 3.84. The quantitative estimate of drug-likeness (QED) is 0.807. The van der Waals surface area contributed by atoms with Crippen LogP contribution in [0.5, 0.6) is 0 Å². The Kier molecular flexibility index (Phi) is 4.17. The number of hydrogen-bond donors (Lipinski definition) is 0. The Morgan fingerprint density at radius 3 is 2.35 bits per heavy atom. The first-order valence-corrected chi connectivity index (χ1v) is 7.82. The third-order valence-electron chi connectivity index (χ3n) is 3.65. The molecule has 0 radical (unpaired) electrons. The molecule has 1 aliphatic rings. The number of thioether (sulfide) groups is 1. The summed E-state index contributed by atoms with van der Waals surface area (Å²) < 4.78 is 5.77. The minimum absolute atomic E-state index is 0.0776. The maximum Gasteiger partial charge on any atom is 0.284 e. The molecule has 1 aromatic carbocycles. The van der Waals surface area contributed by atoms with E-state index in [2.05, 4.69) is 19.1 Å². The van der Waals surface area contributed by atoms with E-state index in [1.165, 1.54) is 17.3 Å². The average Bonchev–Trinajstić information content (AvgIpc) is 2.59. The number of benzene rings is 1. The predicted octanol–water partition coefficient (Wildman–Crippen LogP) is 4.45. The van der Waals surface area contributed by atoms with Gasteiger partial charge < -0.3 is 4.74 Å². The van der Waals surface area contributed by atoms with Gasteiger partial charge in [-0.3, -0.25) is 9.69 Å². The molecule has 1 fully saturated rings. The zero-order chi connectivity index (χ0) is 15.0. The zero-order valence-corrected chi connectivity index (χ0v) is 13.7. The fraction of sp³-hybridized carbons (Fsp3) is 0.562. The highest BCUT2D eigenvalue weighted by molar-refractivity contribution is 8.13. The Labute approximate surface area is 125 Å². The zero-order valence-electron chi connectivity index (χ0n) is 12.8. The molecule has 1 unspecified atom stereocenters. The highest BCUT2D eigenvalue weighted by Crippen LogP contribution is 2.40. The van der Waals surface area contributed by atoms with Crippen molar-refractivity contribution in [3.8, 4) is 0 Å². The molecule has 1 aliphatic heterocycles. The second-order valence-corrected chi connectivity index (χ2v) is 7.61. The smallest absolute Gasteiger partial charge is 0.284 e. The van der Waals surface area contributed by atoms with Crippen LogP contribution < -0.4 is 0 Å². The van der Waals surface area contributed by atoms with Crippen LogP contribution in [0.25, 0.3) is 0 Å². The second-order valence-electron chi connectivity index (χ2n) is 6.32. The number of hydrogen-bond acceptors (Lipinski definition) is 3. The van der Waals surface area contributed by atoms with Crippen LogP contribution in [-0.2, 0) is 4.74 Å². The van der Waals surface area contributed by atoms with Crippen LogP contribution in [-0.4, -0.2) is 28.0 Å². The minimum atomic E-state index is -0.538. The number of carbonyl (C=O) groups excluding carboxylic acids is 1. The van der Waals surface area contributed by atoms with Crippen molar-refractivity contribution in [2.45, 2.75) is 51.1 Å². The summed E-state index contributed by atoms with van der Waals surface area (Å²) in [4.78, 5) is 14.5. The van der Waals surface area contributed by atoms with Gasteiger partial charge in [0.25, 0.3) is 5.24 Å². The lowest BCUT2D eigenvalue weighted by Crippen LogP contribution is -2.51. The highest BCUT2D eigenvalue weighted by Gasteiger charge is 2.48. The van der Waals surface area contributed by atoms with Crippen molar-refractivity contribution in [3.05, 3.63) is 35.9 Å². The van der Waals surface area contributed by atoms with Crippen LogP contribution in [0.3, 0.4) is 0 Å². The summed E-state index contributed by atoms with van der Waals surface area (Å²) in [6, 6.07) is 10.1. The van der Waals surface area contributed by atoms with E-state index in [1.54, 1.807) is 0 Å². The maximum absolute atomic E-state index is 12.7. The first-order chi connectivity index (χ1) is 9.24. The molecule has 1 heterocycles. The number of nitrogens with zero attached hydrogens (tertiary/aromatic N) is 1. The number of carbonyl (C=O) groups is 1. The SMILES string of the molecule is CC(SC(=O)N1C(C)(C)COC1(C)C)c1ccccc1. The number of ether oxygens (including phenoxy) is 1. The monoisotopic (exact) mass is 293 g/mol. The first kappa shape index (κ1) is 15.4. The molecule has 1 amide bonds. The average molecular weight is 293 g/mol. The maximum atomic E-state index is 12.7. The minimum Gasteiger partial charge on any atom is -0.354 e. The standard InChI is InChI=1S/C16H23NO2S/c1-12(13-9-7-6-8-10-13)20-14(18)17-15(2,3)11-19-16(17,4)5/h6-10,12H,11H2,1-5H3. The van der Waals surface area contributed by atoms with E-state index in [4.69, 9.17) is 4.74 Å². The van der Waals surface area contributed by atoms with Crippen LogP contribution in [0.15, 0.2) is 30.3 Å². The van der Waals surface area contributed by atoms with Gasteiger partial charge in [0.2, 0.25) is 0 Å². The number of rotatable bonds is 2. The van der Waals surface area contributed by atoms with Gasteiger partial charge in [-0.25, -0.2) is 0 Å². The Balaban J connectivity index is 2.12. The van der Waals surface area contributed by atoms with Crippen LogP contribution >= 0.6 is 11.8 Å². The van der Waals surface area contributed by atoms with Gasteiger partial charge in [-0.1, -0.05) is 42.1 Å². The van der Waals surface area contributed by atoms with E-state index in [0.717, 1.165) is 0 Å². The van der Waals surface area contributed by atoms with Crippen molar-refractivity contribution in [2.24, 2.45) is 0 Å². The van der Waals surface area contributed by atoms with Crippen molar-refractivity contribution >= 4 is 17.0 Å². The van der Waals surface area contributed by atoms with E-state index in [0.29, 0.717) is 6.61 Å². The van der Waals surface area contributed by atoms with Crippen molar-refractivity contribution in [3.63, 3.8) is 0 Å². The van der Waals surface area contributed by atoms with E-state index in [-0.39, 0.29) is 16.0 Å². The summed E-state index contributed by atoms with van der Waals surface area (Å²) in [5, 5.41) is 0.213. The van der Waals surface area contributed by atoms with E-state index in [9.17, 15) is 4.79 Å². The summed E-state index contributed by atoms with van der Waals surface area (Å²) in [6.45, 7) is 10.6. The Morgan fingerprint density at radius 2 is 1.85 bits per heavy atom. The Morgan fingerprint density at radius 1 is 1.25 bits per heavy atom. The highest BCUT2D eigenvalue weighted by atomic mass is 32.2. The first-order valence-electron chi connectivity index (χ1n) is 6.94. The van der Waals surface area contributed by atoms with Crippen molar-refractivity contribution in [2.75, 3.05) is 6.61 Å². The summed E-state index contributed by atoms with van der Waals surface area (Å²) in [5.41, 5.74) is 0.370. The van der Waals surface area contributed by atoms with Gasteiger partial charge in [0.1, 0.15) is 5.72 Å². The molecule has 1 atom stereocenters. The molecule has 0 saturated carbocycles. The predicted molar refractivity (Wildman–Crippen MR) is 83.8 cm³/mol. The normalized spacial score (nSPS) is 21.8. The molecule has 20 heavy (non-hydrogen) atoms. The van der Waals surface area contributed by atoms with Gasteiger partial charge in [-0.2, -0.15) is 0 Å². The number of amides is 1. The molecule has 0 bridgehead atoms. The van der Waals surface area contributed by atoms with Gasteiger partial charge >= 0.3 is 0 Å². The fourth-order valence-electron chi connectivity index (χ4n) is 2.67. The topological polar surface area (TPSA) is 29.5 Å². The molecule has 0 N–H and O–H groups in total. The van der Waals surface area contributed by atoms with Gasteiger partial charge in [-0.15, -0.1) is 0 Å². The molecule has 3 nitrogen and oxygen atoms in total. The molecular formula is C16H23NO2S. The molecule has 4 heteroatoms. The van der Waals surface area contributed by atoms with E-state index < -0.39 is 5.72 Å². The third kappa shape index (κ3) is 3.01. The lowest BCUT2D eigenvalue weighted by Gasteiger charge is -2.37. The summed E-state index contributed by atoms with van der Waals surface area (Å²) in [5.74, 6) is 0. The van der Waals surface area contributed by atoms with Crippen molar-refractivity contribution in [1.29, 1.82) is 0 Å². The van der Waals surface area contributed by atoms with Crippen LogP contribution in [0.1, 0.15) is 45.4 Å². The molecule has 0 aromatic heterocycles. The second kappa shape index (κ2) is 5.41. The summed E-state index contributed by atoms with van der Waals surface area (Å²) in [7, 11) is 0. The Bertz CT molecular complexity index is 469. The largest absolute Gasteiger partial charge is 0.354 e.